The van der Waals surface area contributed by atoms with Crippen LogP contribution < -0.4 is 5.32 Å². The van der Waals surface area contributed by atoms with Crippen molar-refractivity contribution in [1.29, 1.82) is 0 Å². The molecule has 0 radical (unpaired) electrons. The predicted octanol–water partition coefficient (Wildman–Crippen LogP) is 3.72. The van der Waals surface area contributed by atoms with E-state index in [-0.39, 0.29) is 17.3 Å². The first-order chi connectivity index (χ1) is 12.5. The summed E-state index contributed by atoms with van der Waals surface area (Å²) in [6.45, 7) is 7.86. The average Bonchev–Trinajstić information content (AvgIpc) is 2.65. The van der Waals surface area contributed by atoms with E-state index in [1.807, 2.05) is 30.3 Å². The van der Waals surface area contributed by atoms with Gasteiger partial charge in [-0.1, -0.05) is 56.3 Å². The van der Waals surface area contributed by atoms with Gasteiger partial charge in [0.1, 0.15) is 5.56 Å². The van der Waals surface area contributed by atoms with E-state index in [0.717, 1.165) is 18.7 Å². The van der Waals surface area contributed by atoms with Gasteiger partial charge in [-0.2, -0.15) is 0 Å². The predicted molar refractivity (Wildman–Crippen MR) is 102 cm³/mol. The molecule has 2 aromatic rings. The van der Waals surface area contributed by atoms with Crippen molar-refractivity contribution in [2.75, 3.05) is 19.6 Å². The van der Waals surface area contributed by atoms with Crippen LogP contribution in [0.15, 0.2) is 48.5 Å². The van der Waals surface area contributed by atoms with Gasteiger partial charge in [0, 0.05) is 12.1 Å². The van der Waals surface area contributed by atoms with E-state index in [1.54, 1.807) is 19.1 Å². The summed E-state index contributed by atoms with van der Waals surface area (Å²) >= 11 is 0. The Kier molecular flexibility index (Phi) is 6.86. The number of benzene rings is 2. The molecular formula is C20H25N3O3. The minimum atomic E-state index is -0.497. The maximum absolute atomic E-state index is 12.6. The maximum atomic E-state index is 12.6. The normalized spacial score (nSPS) is 12.0. The fourth-order valence-electron chi connectivity index (χ4n) is 3.17. The Morgan fingerprint density at radius 1 is 1.12 bits per heavy atom. The molecule has 2 rings (SSSR count). The second-order valence-electron chi connectivity index (χ2n) is 6.09. The van der Waals surface area contributed by atoms with Crippen molar-refractivity contribution in [1.82, 2.24) is 10.2 Å². The monoisotopic (exact) mass is 355 g/mol. The van der Waals surface area contributed by atoms with Crippen LogP contribution >= 0.6 is 0 Å². The first-order valence-electron chi connectivity index (χ1n) is 8.80. The van der Waals surface area contributed by atoms with Gasteiger partial charge >= 0.3 is 0 Å². The highest BCUT2D eigenvalue weighted by Gasteiger charge is 2.24. The number of para-hydroxylation sites is 1. The number of rotatable bonds is 8. The Morgan fingerprint density at radius 2 is 1.77 bits per heavy atom. The van der Waals surface area contributed by atoms with Crippen molar-refractivity contribution in [3.05, 3.63) is 75.3 Å². The van der Waals surface area contributed by atoms with E-state index < -0.39 is 10.8 Å². The van der Waals surface area contributed by atoms with E-state index >= 15 is 0 Å². The first-order valence-corrected chi connectivity index (χ1v) is 8.80. The van der Waals surface area contributed by atoms with Gasteiger partial charge in [-0.25, -0.2) is 0 Å². The third-order valence-corrected chi connectivity index (χ3v) is 4.56. The zero-order valence-corrected chi connectivity index (χ0v) is 15.4. The number of nitrogens with one attached hydrogen (secondary N) is 1. The molecule has 0 aromatic heterocycles. The summed E-state index contributed by atoms with van der Waals surface area (Å²) < 4.78 is 0. The molecule has 0 aliphatic heterocycles. The van der Waals surface area contributed by atoms with Crippen LogP contribution in [-0.2, 0) is 0 Å². The molecule has 6 heteroatoms. The Hall–Kier alpha value is -2.73. The molecule has 0 fully saturated rings. The number of nitro groups is 1. The summed E-state index contributed by atoms with van der Waals surface area (Å²) in [6, 6.07) is 14.8. The molecule has 0 saturated heterocycles. The summed E-state index contributed by atoms with van der Waals surface area (Å²) in [6.07, 6.45) is 0. The molecule has 1 amide bonds. The largest absolute Gasteiger partial charge is 0.350 e. The van der Waals surface area contributed by atoms with Crippen LogP contribution in [0.2, 0.25) is 0 Å². The molecule has 0 aliphatic carbocycles. The number of hydrogen-bond donors (Lipinski definition) is 1. The topological polar surface area (TPSA) is 75.5 Å². The van der Waals surface area contributed by atoms with Crippen LogP contribution in [0.1, 0.15) is 41.4 Å². The molecule has 0 heterocycles. The third kappa shape index (κ3) is 4.46. The van der Waals surface area contributed by atoms with Gasteiger partial charge in [-0.15, -0.1) is 0 Å². The molecule has 6 nitrogen and oxygen atoms in total. The summed E-state index contributed by atoms with van der Waals surface area (Å²) in [7, 11) is 0. The van der Waals surface area contributed by atoms with Crippen molar-refractivity contribution in [3.63, 3.8) is 0 Å². The maximum Gasteiger partial charge on any atom is 0.285 e. The van der Waals surface area contributed by atoms with E-state index in [2.05, 4.69) is 24.1 Å². The molecule has 0 spiro atoms. The Labute approximate surface area is 154 Å². The van der Waals surface area contributed by atoms with Crippen molar-refractivity contribution >= 4 is 11.6 Å². The summed E-state index contributed by atoms with van der Waals surface area (Å²) in [5, 5.41) is 14.2. The zero-order valence-electron chi connectivity index (χ0n) is 15.4. The van der Waals surface area contributed by atoms with E-state index in [9.17, 15) is 14.9 Å². The zero-order chi connectivity index (χ0) is 19.1. The lowest BCUT2D eigenvalue weighted by Crippen LogP contribution is -2.38. The molecule has 138 valence electrons. The molecule has 0 saturated carbocycles. The lowest BCUT2D eigenvalue weighted by Gasteiger charge is -2.30. The van der Waals surface area contributed by atoms with Gasteiger partial charge in [0.15, 0.2) is 0 Å². The van der Waals surface area contributed by atoms with Crippen LogP contribution in [0.4, 0.5) is 5.69 Å². The molecule has 1 atom stereocenters. The Bertz CT molecular complexity index is 758. The van der Waals surface area contributed by atoms with Gasteiger partial charge in [0.05, 0.1) is 11.0 Å². The van der Waals surface area contributed by atoms with Gasteiger partial charge in [0.2, 0.25) is 0 Å². The number of amides is 1. The lowest BCUT2D eigenvalue weighted by atomic mass is 10.0. The molecule has 0 bridgehead atoms. The van der Waals surface area contributed by atoms with Gasteiger partial charge in [-0.05, 0) is 31.6 Å². The average molecular weight is 355 g/mol. The minimum absolute atomic E-state index is 0.0130. The van der Waals surface area contributed by atoms with Gasteiger partial charge in [0.25, 0.3) is 11.6 Å². The fourth-order valence-corrected chi connectivity index (χ4v) is 3.17. The highest BCUT2D eigenvalue weighted by molar-refractivity contribution is 5.98. The highest BCUT2D eigenvalue weighted by Crippen LogP contribution is 2.24. The smallest absolute Gasteiger partial charge is 0.285 e. The van der Waals surface area contributed by atoms with Crippen molar-refractivity contribution in [2.45, 2.75) is 26.8 Å². The van der Waals surface area contributed by atoms with E-state index in [4.69, 9.17) is 0 Å². The van der Waals surface area contributed by atoms with E-state index in [0.29, 0.717) is 12.1 Å². The molecule has 2 aromatic carbocycles. The summed E-state index contributed by atoms with van der Waals surface area (Å²) in [5.41, 5.74) is 1.55. The minimum Gasteiger partial charge on any atom is -0.350 e. The lowest BCUT2D eigenvalue weighted by molar-refractivity contribution is -0.385. The van der Waals surface area contributed by atoms with Crippen LogP contribution in [0.25, 0.3) is 0 Å². The number of aryl methyl sites for hydroxylation is 1. The Balaban J connectivity index is 2.23. The number of carbonyl (C=O) groups is 1. The molecule has 1 unspecified atom stereocenters. The molecule has 1 N–H and O–H groups in total. The molecule has 0 aliphatic rings. The second-order valence-corrected chi connectivity index (χ2v) is 6.09. The number of likely N-dealkylation sites (N-methyl/N-ethyl adjacent to an activating group) is 1. The quantitative estimate of drug-likeness (QED) is 0.578. The van der Waals surface area contributed by atoms with Crippen molar-refractivity contribution < 1.29 is 9.72 Å². The van der Waals surface area contributed by atoms with Crippen LogP contribution in [0, 0.1) is 17.0 Å². The number of nitro benzene ring substituents is 1. The summed E-state index contributed by atoms with van der Waals surface area (Å²) in [5.74, 6) is -0.423. The number of nitrogens with zero attached hydrogens (tertiary/aromatic N) is 2. The summed E-state index contributed by atoms with van der Waals surface area (Å²) in [4.78, 5) is 25.7. The van der Waals surface area contributed by atoms with Crippen LogP contribution in [0.5, 0.6) is 0 Å². The first kappa shape index (κ1) is 19.6. The van der Waals surface area contributed by atoms with Gasteiger partial charge in [-0.3, -0.25) is 19.8 Å². The third-order valence-electron chi connectivity index (χ3n) is 4.56. The Morgan fingerprint density at radius 3 is 2.35 bits per heavy atom. The SMILES string of the molecule is CCN(CC)C(CNC(=O)c1cccc(C)c1[N+](=O)[O-])c1ccccc1. The van der Waals surface area contributed by atoms with Crippen LogP contribution in [0.3, 0.4) is 0 Å². The fraction of sp³-hybridized carbons (Fsp3) is 0.350. The van der Waals surface area contributed by atoms with E-state index in [1.165, 1.54) is 6.07 Å². The number of carbonyl (C=O) groups excluding carboxylic acids is 1. The van der Waals surface area contributed by atoms with Crippen molar-refractivity contribution in [2.24, 2.45) is 0 Å². The highest BCUT2D eigenvalue weighted by atomic mass is 16.6. The molecular weight excluding hydrogens is 330 g/mol. The van der Waals surface area contributed by atoms with Crippen molar-refractivity contribution in [3.8, 4) is 0 Å². The van der Waals surface area contributed by atoms with Gasteiger partial charge < -0.3 is 5.32 Å². The second kappa shape index (κ2) is 9.10. The van der Waals surface area contributed by atoms with Crippen LogP contribution in [-0.4, -0.2) is 35.4 Å². The standard InChI is InChI=1S/C20H25N3O3/c1-4-22(5-2)18(16-11-7-6-8-12-16)14-21-20(24)17-13-9-10-15(3)19(17)23(25)26/h6-13,18H,4-5,14H2,1-3H3,(H,21,24). The number of hydrogen-bond acceptors (Lipinski definition) is 4. The molecule has 26 heavy (non-hydrogen) atoms.